The first kappa shape index (κ1) is 23.6. The number of nitrogens with zero attached hydrogens (tertiary/aromatic N) is 3. The van der Waals surface area contributed by atoms with Gasteiger partial charge < -0.3 is 19.6 Å². The monoisotopic (exact) mass is 473 g/mol. The molecule has 178 valence electrons. The third-order valence-electron chi connectivity index (χ3n) is 6.71. The Labute approximate surface area is 199 Å². The summed E-state index contributed by atoms with van der Waals surface area (Å²) in [7, 11) is 0. The number of alkyl halides is 1. The molecule has 2 fully saturated rings. The van der Waals surface area contributed by atoms with Crippen LogP contribution in [0.15, 0.2) is 30.3 Å². The topological polar surface area (TPSA) is 83.0 Å². The largest absolute Gasteiger partial charge is 0.491 e. The lowest BCUT2D eigenvalue weighted by Gasteiger charge is -2.40. The predicted molar refractivity (Wildman–Crippen MR) is 128 cm³/mol. The van der Waals surface area contributed by atoms with E-state index in [0.717, 1.165) is 37.5 Å². The Hall–Kier alpha value is -2.54. The van der Waals surface area contributed by atoms with Crippen LogP contribution in [0.3, 0.4) is 0 Å². The lowest BCUT2D eigenvalue weighted by atomic mass is 10.0. The van der Waals surface area contributed by atoms with E-state index in [-0.39, 0.29) is 23.4 Å². The van der Waals surface area contributed by atoms with Gasteiger partial charge in [-0.1, -0.05) is 18.2 Å². The molecule has 1 saturated heterocycles. The summed E-state index contributed by atoms with van der Waals surface area (Å²) in [6.07, 6.45) is 3.62. The average molecular weight is 474 g/mol. The highest BCUT2D eigenvalue weighted by atomic mass is 35.5. The van der Waals surface area contributed by atoms with Crippen molar-refractivity contribution >= 4 is 34.5 Å². The van der Waals surface area contributed by atoms with Gasteiger partial charge in [0.05, 0.1) is 12.6 Å². The van der Waals surface area contributed by atoms with Gasteiger partial charge in [0.1, 0.15) is 17.0 Å². The van der Waals surface area contributed by atoms with E-state index in [1.54, 1.807) is 11.0 Å². The number of carbonyl (C=O) groups is 2. The third-order valence-corrected chi connectivity index (χ3v) is 7.10. The van der Waals surface area contributed by atoms with Crippen molar-refractivity contribution in [2.24, 2.45) is 5.92 Å². The second-order valence-corrected chi connectivity index (χ2v) is 10.1. The number of piperidine rings is 1. The van der Waals surface area contributed by atoms with Crippen LogP contribution in [0.2, 0.25) is 0 Å². The molecule has 0 spiro atoms. The van der Waals surface area contributed by atoms with Crippen molar-refractivity contribution in [3.8, 4) is 5.75 Å². The van der Waals surface area contributed by atoms with Gasteiger partial charge in [0, 0.05) is 29.9 Å². The van der Waals surface area contributed by atoms with Crippen molar-refractivity contribution in [3.63, 3.8) is 0 Å². The van der Waals surface area contributed by atoms with Crippen LogP contribution >= 0.6 is 11.6 Å². The lowest BCUT2D eigenvalue weighted by Crippen LogP contribution is -2.53. The van der Waals surface area contributed by atoms with Gasteiger partial charge in [-0.2, -0.15) is 0 Å². The molecule has 1 N–H and O–H groups in total. The predicted octanol–water partition coefficient (Wildman–Crippen LogP) is 5.01. The fourth-order valence-corrected chi connectivity index (χ4v) is 5.42. The van der Waals surface area contributed by atoms with Crippen molar-refractivity contribution in [3.05, 3.63) is 36.0 Å². The first-order valence-electron chi connectivity index (χ1n) is 11.8. The summed E-state index contributed by atoms with van der Waals surface area (Å²) < 4.78 is 6.13. The van der Waals surface area contributed by atoms with Crippen LogP contribution < -0.4 is 4.74 Å². The number of amides is 2. The second kappa shape index (κ2) is 10.2. The second-order valence-electron chi connectivity index (χ2n) is 9.44. The highest BCUT2D eigenvalue weighted by molar-refractivity contribution is 6.20. The first-order valence-corrected chi connectivity index (χ1v) is 12.2. The SMILES string of the molecule is CC(C)N(C(=O)c1ccc2cccc(OCC3CCC(Cl)C3)c2n1)C1CCCN(C(=O)O)C1. The minimum absolute atomic E-state index is 0.0777. The van der Waals surface area contributed by atoms with Gasteiger partial charge in [-0.15, -0.1) is 11.6 Å². The highest BCUT2D eigenvalue weighted by Gasteiger charge is 2.33. The average Bonchev–Trinajstić information content (AvgIpc) is 3.22. The zero-order valence-corrected chi connectivity index (χ0v) is 20.0. The molecule has 33 heavy (non-hydrogen) atoms. The van der Waals surface area contributed by atoms with Gasteiger partial charge in [0.15, 0.2) is 0 Å². The molecule has 2 aliphatic rings. The number of fused-ring (bicyclic) bond motifs is 1. The van der Waals surface area contributed by atoms with E-state index in [1.807, 2.05) is 38.1 Å². The molecule has 2 heterocycles. The maximum atomic E-state index is 13.6. The molecule has 0 radical (unpaired) electrons. The summed E-state index contributed by atoms with van der Waals surface area (Å²) in [5.41, 5.74) is 1.02. The summed E-state index contributed by atoms with van der Waals surface area (Å²) in [5.74, 6) is 0.929. The molecule has 2 aromatic rings. The van der Waals surface area contributed by atoms with Crippen LogP contribution in [0.5, 0.6) is 5.75 Å². The highest BCUT2D eigenvalue weighted by Crippen LogP contribution is 2.31. The summed E-state index contributed by atoms with van der Waals surface area (Å²) >= 11 is 6.24. The standard InChI is InChI=1S/C25H32ClN3O4/c1-16(2)29(20-6-4-12-28(14-20)25(31)32)24(30)21-11-9-18-5-3-7-22(23(18)27-21)33-15-17-8-10-19(26)13-17/h3,5,7,9,11,16-17,19-20H,4,6,8,10,12-15H2,1-2H3,(H,31,32). The molecule has 7 nitrogen and oxygen atoms in total. The quantitative estimate of drug-likeness (QED) is 0.596. The van der Waals surface area contributed by atoms with Crippen molar-refractivity contribution in [1.29, 1.82) is 0 Å². The van der Waals surface area contributed by atoms with Gasteiger partial charge in [-0.05, 0) is 64.0 Å². The third kappa shape index (κ3) is 5.35. The van der Waals surface area contributed by atoms with E-state index in [4.69, 9.17) is 21.3 Å². The molecular weight excluding hydrogens is 442 g/mol. The van der Waals surface area contributed by atoms with Crippen molar-refractivity contribution < 1.29 is 19.4 Å². The number of likely N-dealkylation sites (tertiary alicyclic amines) is 1. The molecule has 3 atom stereocenters. The van der Waals surface area contributed by atoms with E-state index in [2.05, 4.69) is 0 Å². The number of rotatable bonds is 6. The van der Waals surface area contributed by atoms with Crippen molar-refractivity contribution in [2.45, 2.75) is 63.4 Å². The molecule has 3 unspecified atom stereocenters. The van der Waals surface area contributed by atoms with Gasteiger partial charge >= 0.3 is 6.09 Å². The minimum atomic E-state index is -0.941. The minimum Gasteiger partial charge on any atom is -0.491 e. The van der Waals surface area contributed by atoms with Crippen LogP contribution in [-0.4, -0.2) is 69.0 Å². The first-order chi connectivity index (χ1) is 15.8. The van der Waals surface area contributed by atoms with E-state index in [1.165, 1.54) is 4.90 Å². The summed E-state index contributed by atoms with van der Waals surface area (Å²) in [4.78, 5) is 32.9. The van der Waals surface area contributed by atoms with E-state index < -0.39 is 6.09 Å². The smallest absolute Gasteiger partial charge is 0.407 e. The Kier molecular flexibility index (Phi) is 7.27. The summed E-state index contributed by atoms with van der Waals surface area (Å²) in [5, 5.41) is 10.6. The van der Waals surface area contributed by atoms with E-state index >= 15 is 0 Å². The molecule has 2 amide bonds. The van der Waals surface area contributed by atoms with Gasteiger partial charge in [-0.3, -0.25) is 4.79 Å². The summed E-state index contributed by atoms with van der Waals surface area (Å²) in [6, 6.07) is 9.18. The molecule has 1 aliphatic heterocycles. The normalized spacial score (nSPS) is 23.2. The number of hydrogen-bond donors (Lipinski definition) is 1. The van der Waals surface area contributed by atoms with Crippen LogP contribution in [0.25, 0.3) is 10.9 Å². The lowest BCUT2D eigenvalue weighted by molar-refractivity contribution is 0.0445. The molecule has 4 rings (SSSR count). The number of ether oxygens (including phenoxy) is 1. The van der Waals surface area contributed by atoms with Gasteiger partial charge in [0.25, 0.3) is 5.91 Å². The van der Waals surface area contributed by atoms with Crippen LogP contribution in [-0.2, 0) is 0 Å². The molecule has 1 aliphatic carbocycles. The van der Waals surface area contributed by atoms with Crippen LogP contribution in [0, 0.1) is 5.92 Å². The zero-order chi connectivity index (χ0) is 23.5. The molecule has 1 saturated carbocycles. The fraction of sp³-hybridized carbons (Fsp3) is 0.560. The van der Waals surface area contributed by atoms with Crippen LogP contribution in [0.4, 0.5) is 4.79 Å². The number of para-hydroxylation sites is 1. The molecule has 1 aromatic carbocycles. The zero-order valence-electron chi connectivity index (χ0n) is 19.2. The summed E-state index contributed by atoms with van der Waals surface area (Å²) in [6.45, 7) is 5.34. The van der Waals surface area contributed by atoms with Crippen molar-refractivity contribution in [2.75, 3.05) is 19.7 Å². The fourth-order valence-electron chi connectivity index (χ4n) is 5.04. The Bertz CT molecular complexity index is 1010. The molecule has 0 bridgehead atoms. The molecule has 1 aromatic heterocycles. The Morgan fingerprint density at radius 2 is 2.06 bits per heavy atom. The van der Waals surface area contributed by atoms with Gasteiger partial charge in [-0.25, -0.2) is 9.78 Å². The number of halogens is 1. The Morgan fingerprint density at radius 1 is 1.24 bits per heavy atom. The van der Waals surface area contributed by atoms with Crippen molar-refractivity contribution in [1.82, 2.24) is 14.8 Å². The number of hydrogen-bond acceptors (Lipinski definition) is 4. The number of benzene rings is 1. The number of carboxylic acid groups (broad SMARTS) is 1. The Balaban J connectivity index is 1.57. The maximum absolute atomic E-state index is 13.6. The number of carbonyl (C=O) groups excluding carboxylic acids is 1. The molecule has 8 heteroatoms. The van der Waals surface area contributed by atoms with Crippen LogP contribution in [0.1, 0.15) is 56.4 Å². The number of aromatic nitrogens is 1. The number of pyridine rings is 1. The Morgan fingerprint density at radius 3 is 2.76 bits per heavy atom. The van der Waals surface area contributed by atoms with Gasteiger partial charge in [0.2, 0.25) is 0 Å². The van der Waals surface area contributed by atoms with E-state index in [9.17, 15) is 14.7 Å². The molecular formula is C25H32ClN3O4. The maximum Gasteiger partial charge on any atom is 0.407 e. The van der Waals surface area contributed by atoms with E-state index in [0.29, 0.717) is 42.6 Å².